The maximum atomic E-state index is 14.9. The third-order valence-corrected chi connectivity index (χ3v) is 7.82. The highest BCUT2D eigenvalue weighted by molar-refractivity contribution is 5.85. The molecule has 2 aliphatic heterocycles. The number of ether oxygens (including phenoxy) is 1. The molecule has 0 radical (unpaired) electrons. The number of hydrogen-bond donors (Lipinski definition) is 0. The van der Waals surface area contributed by atoms with Gasteiger partial charge in [0.2, 0.25) is 0 Å². The van der Waals surface area contributed by atoms with Crippen molar-refractivity contribution in [1.29, 1.82) is 0 Å². The zero-order valence-electron chi connectivity index (χ0n) is 23.1. The molecule has 2 aliphatic rings. The van der Waals surface area contributed by atoms with E-state index in [0.29, 0.717) is 32.3 Å². The Labute approximate surface area is 228 Å². The molecular formula is C28H36FN9O. The number of hydrogen-bond acceptors (Lipinski definition) is 8. The molecule has 11 heteroatoms. The number of anilines is 1. The Balaban J connectivity index is 1.36. The zero-order valence-corrected chi connectivity index (χ0v) is 23.1. The minimum absolute atomic E-state index is 0.0400. The van der Waals surface area contributed by atoms with Crippen molar-refractivity contribution in [3.8, 4) is 17.2 Å². The highest BCUT2D eigenvalue weighted by Crippen LogP contribution is 2.28. The molecule has 3 aromatic heterocycles. The normalized spacial score (nSPS) is 20.8. The van der Waals surface area contributed by atoms with Crippen LogP contribution in [0.2, 0.25) is 0 Å². The molecule has 0 bridgehead atoms. The van der Waals surface area contributed by atoms with E-state index >= 15 is 0 Å². The van der Waals surface area contributed by atoms with Gasteiger partial charge in [-0.3, -0.25) is 4.90 Å². The van der Waals surface area contributed by atoms with E-state index in [1.165, 1.54) is 5.56 Å². The average molecular weight is 534 g/mol. The van der Waals surface area contributed by atoms with Crippen LogP contribution in [0.4, 0.5) is 10.2 Å². The van der Waals surface area contributed by atoms with E-state index in [1.54, 1.807) is 4.68 Å². The van der Waals surface area contributed by atoms with E-state index in [0.717, 1.165) is 60.1 Å². The van der Waals surface area contributed by atoms with Gasteiger partial charge in [0.1, 0.15) is 12.0 Å². The van der Waals surface area contributed by atoms with Crippen LogP contribution < -0.4 is 4.90 Å². The summed E-state index contributed by atoms with van der Waals surface area (Å²) in [5.74, 6) is 2.12. The number of nitrogens with zero attached hydrogens (tertiary/aromatic N) is 9. The fourth-order valence-electron chi connectivity index (χ4n) is 5.59. The summed E-state index contributed by atoms with van der Waals surface area (Å²) >= 11 is 0. The van der Waals surface area contributed by atoms with E-state index in [9.17, 15) is 4.39 Å². The highest BCUT2D eigenvalue weighted by atomic mass is 19.1. The third kappa shape index (κ3) is 5.13. The lowest BCUT2D eigenvalue weighted by molar-refractivity contribution is 0.0530. The predicted octanol–water partition coefficient (Wildman–Crippen LogP) is 2.84. The molecule has 2 fully saturated rings. The van der Waals surface area contributed by atoms with Gasteiger partial charge in [0.15, 0.2) is 17.0 Å². The van der Waals surface area contributed by atoms with Gasteiger partial charge in [-0.25, -0.2) is 14.1 Å². The number of imidazole rings is 1. The van der Waals surface area contributed by atoms with Crippen molar-refractivity contribution in [2.24, 2.45) is 7.05 Å². The number of morpholine rings is 1. The standard InChI is InChI=1S/C28H36FN9O/c1-19-6-5-7-20(16-19)22-8-11-38(33-22)28-31-26-25(27(32-28)37-12-14-39-15-13-37)30-24(35(26)4)18-36-10-9-23(34(2)3)21(29)17-36/h5-8,11,16,21,23H,9-10,12-15,17-18H2,1-4H3. The number of piperidine rings is 1. The van der Waals surface area contributed by atoms with Gasteiger partial charge in [-0.15, -0.1) is 0 Å². The largest absolute Gasteiger partial charge is 0.378 e. The fourth-order valence-corrected chi connectivity index (χ4v) is 5.59. The van der Waals surface area contributed by atoms with Gasteiger partial charge < -0.3 is 19.1 Å². The Morgan fingerprint density at radius 1 is 1.08 bits per heavy atom. The van der Waals surface area contributed by atoms with Crippen LogP contribution in [0, 0.1) is 6.92 Å². The molecule has 0 N–H and O–H groups in total. The molecule has 39 heavy (non-hydrogen) atoms. The second kappa shape index (κ2) is 10.6. The Bertz CT molecular complexity index is 1460. The van der Waals surface area contributed by atoms with E-state index in [2.05, 4.69) is 34.9 Å². The molecule has 6 rings (SSSR count). The van der Waals surface area contributed by atoms with Gasteiger partial charge in [0, 0.05) is 51.0 Å². The first-order chi connectivity index (χ1) is 18.9. The van der Waals surface area contributed by atoms with E-state index in [1.807, 2.05) is 48.9 Å². The predicted molar refractivity (Wildman–Crippen MR) is 149 cm³/mol. The monoisotopic (exact) mass is 533 g/mol. The van der Waals surface area contributed by atoms with Crippen LogP contribution in [0.3, 0.4) is 0 Å². The topological polar surface area (TPSA) is 80.4 Å². The van der Waals surface area contributed by atoms with E-state index in [4.69, 9.17) is 24.8 Å². The molecule has 5 heterocycles. The van der Waals surface area contributed by atoms with Crippen LogP contribution >= 0.6 is 0 Å². The Kier molecular flexibility index (Phi) is 7.05. The van der Waals surface area contributed by atoms with Crippen LogP contribution in [0.1, 0.15) is 17.8 Å². The smallest absolute Gasteiger partial charge is 0.254 e. The number of alkyl halides is 1. The minimum Gasteiger partial charge on any atom is -0.378 e. The van der Waals surface area contributed by atoms with Crippen molar-refractivity contribution in [2.75, 3.05) is 58.4 Å². The summed E-state index contributed by atoms with van der Waals surface area (Å²) in [6.45, 7) is 6.59. The fraction of sp³-hybridized carbons (Fsp3) is 0.500. The molecule has 4 aromatic rings. The number of halogens is 1. The van der Waals surface area contributed by atoms with Gasteiger partial charge in [0.05, 0.1) is 25.5 Å². The number of aryl methyl sites for hydroxylation is 2. The summed E-state index contributed by atoms with van der Waals surface area (Å²) in [5, 5.41) is 4.81. The number of rotatable bonds is 6. The molecule has 2 unspecified atom stereocenters. The lowest BCUT2D eigenvalue weighted by Gasteiger charge is -2.37. The summed E-state index contributed by atoms with van der Waals surface area (Å²) in [6, 6.07) is 10.2. The number of likely N-dealkylation sites (tertiary alicyclic amines) is 1. The van der Waals surface area contributed by atoms with Gasteiger partial charge >= 0.3 is 0 Å². The summed E-state index contributed by atoms with van der Waals surface area (Å²) in [7, 11) is 5.88. The molecule has 0 aliphatic carbocycles. The minimum atomic E-state index is -0.888. The first-order valence-corrected chi connectivity index (χ1v) is 13.6. The van der Waals surface area contributed by atoms with Crippen LogP contribution in [-0.2, 0) is 18.3 Å². The molecule has 0 spiro atoms. The average Bonchev–Trinajstić information content (AvgIpc) is 3.54. The Morgan fingerprint density at radius 2 is 1.90 bits per heavy atom. The van der Waals surface area contributed by atoms with E-state index in [-0.39, 0.29) is 6.04 Å². The SMILES string of the molecule is Cc1cccc(-c2ccn(-c3nc(N4CCOCC4)c4nc(CN5CCC(N(C)C)C(F)C5)n(C)c4n3)n2)c1. The second-order valence-electron chi connectivity index (χ2n) is 10.8. The molecule has 0 saturated carbocycles. The summed E-state index contributed by atoms with van der Waals surface area (Å²) < 4.78 is 24.2. The zero-order chi connectivity index (χ0) is 27.1. The maximum absolute atomic E-state index is 14.9. The van der Waals surface area contributed by atoms with Crippen molar-refractivity contribution in [1.82, 2.24) is 39.1 Å². The molecule has 0 amide bonds. The maximum Gasteiger partial charge on any atom is 0.254 e. The Hall–Kier alpha value is -3.41. The van der Waals surface area contributed by atoms with Gasteiger partial charge in [0.25, 0.3) is 5.95 Å². The van der Waals surface area contributed by atoms with Crippen molar-refractivity contribution in [3.05, 3.63) is 47.9 Å². The van der Waals surface area contributed by atoms with Crippen LogP contribution in [0.5, 0.6) is 0 Å². The first kappa shape index (κ1) is 25.8. The number of benzene rings is 1. The summed E-state index contributed by atoms with van der Waals surface area (Å²) in [4.78, 5) is 21.2. The van der Waals surface area contributed by atoms with Crippen molar-refractivity contribution < 1.29 is 9.13 Å². The lowest BCUT2D eigenvalue weighted by Crippen LogP contribution is -2.50. The summed E-state index contributed by atoms with van der Waals surface area (Å²) in [6.07, 6.45) is 1.81. The molecule has 2 atom stereocenters. The molecule has 206 valence electrons. The Morgan fingerprint density at radius 3 is 2.64 bits per heavy atom. The number of aromatic nitrogens is 6. The molecular weight excluding hydrogens is 497 g/mol. The second-order valence-corrected chi connectivity index (χ2v) is 10.8. The lowest BCUT2D eigenvalue weighted by atomic mass is 10.0. The third-order valence-electron chi connectivity index (χ3n) is 7.82. The molecule has 10 nitrogen and oxygen atoms in total. The van der Waals surface area contributed by atoms with Crippen LogP contribution in [0.25, 0.3) is 28.4 Å². The van der Waals surface area contributed by atoms with Crippen LogP contribution in [0.15, 0.2) is 36.5 Å². The number of fused-ring (bicyclic) bond motifs is 1. The summed E-state index contributed by atoms with van der Waals surface area (Å²) in [5.41, 5.74) is 4.59. The quantitative estimate of drug-likeness (QED) is 0.374. The van der Waals surface area contributed by atoms with Crippen molar-refractivity contribution >= 4 is 17.0 Å². The van der Waals surface area contributed by atoms with E-state index < -0.39 is 6.17 Å². The van der Waals surface area contributed by atoms with Crippen molar-refractivity contribution in [3.63, 3.8) is 0 Å². The van der Waals surface area contributed by atoms with Crippen molar-refractivity contribution in [2.45, 2.75) is 32.1 Å². The molecule has 2 saturated heterocycles. The van der Waals surface area contributed by atoms with Gasteiger partial charge in [-0.1, -0.05) is 23.8 Å². The van der Waals surface area contributed by atoms with Gasteiger partial charge in [-0.2, -0.15) is 15.1 Å². The van der Waals surface area contributed by atoms with Gasteiger partial charge in [-0.05, 0) is 39.6 Å². The highest BCUT2D eigenvalue weighted by Gasteiger charge is 2.31. The van der Waals surface area contributed by atoms with Crippen LogP contribution in [-0.4, -0.2) is 105 Å². The first-order valence-electron chi connectivity index (χ1n) is 13.6. The molecule has 1 aromatic carbocycles.